The van der Waals surface area contributed by atoms with Crippen LogP contribution in [0.15, 0.2) is 47.4 Å². The van der Waals surface area contributed by atoms with E-state index in [4.69, 9.17) is 0 Å². The fraction of sp³-hybridized carbons (Fsp3) is 0.316. The summed E-state index contributed by atoms with van der Waals surface area (Å²) in [5.74, 6) is -0.538. The monoisotopic (exact) mass is 378 g/mol. The fourth-order valence-corrected chi connectivity index (χ4v) is 3.47. The Balaban J connectivity index is 1.74. The molecule has 7 heteroatoms. The van der Waals surface area contributed by atoms with E-state index in [-0.39, 0.29) is 29.6 Å². The lowest BCUT2D eigenvalue weighted by Gasteiger charge is -2.09. The first-order valence-electron chi connectivity index (χ1n) is 8.36. The lowest BCUT2D eigenvalue weighted by Crippen LogP contribution is -2.31. The van der Waals surface area contributed by atoms with Crippen LogP contribution < -0.4 is 10.0 Å². The van der Waals surface area contributed by atoms with E-state index in [1.165, 1.54) is 12.1 Å². The van der Waals surface area contributed by atoms with Crippen LogP contribution in [0.2, 0.25) is 0 Å². The molecule has 2 N–H and O–H groups in total. The number of sulfonamides is 1. The van der Waals surface area contributed by atoms with Gasteiger partial charge in [-0.2, -0.15) is 0 Å². The number of hydrogen-bond acceptors (Lipinski definition) is 3. The molecule has 26 heavy (non-hydrogen) atoms. The highest BCUT2D eigenvalue weighted by atomic mass is 32.2. The number of rotatable bonds is 8. The maximum Gasteiger partial charge on any atom is 0.240 e. The van der Waals surface area contributed by atoms with Gasteiger partial charge in [0.25, 0.3) is 0 Å². The second-order valence-corrected chi connectivity index (χ2v) is 7.89. The molecule has 0 saturated carbocycles. The Bertz CT molecular complexity index is 865. The molecule has 0 fully saturated rings. The third kappa shape index (κ3) is 5.93. The van der Waals surface area contributed by atoms with Gasteiger partial charge in [-0.1, -0.05) is 18.2 Å². The molecule has 0 heterocycles. The summed E-state index contributed by atoms with van der Waals surface area (Å²) in [7, 11) is -3.63. The maximum atomic E-state index is 12.8. The minimum absolute atomic E-state index is 0.0254. The summed E-state index contributed by atoms with van der Waals surface area (Å²) in [6.07, 6.45) is 0.633. The molecule has 140 valence electrons. The SMILES string of the molecule is Cc1ccc(S(=O)(=O)NCCC(=O)NCCc2ccc(F)cc2)cc1C. The highest BCUT2D eigenvalue weighted by molar-refractivity contribution is 7.89. The number of benzene rings is 2. The summed E-state index contributed by atoms with van der Waals surface area (Å²) in [6.45, 7) is 4.20. The quantitative estimate of drug-likeness (QED) is 0.741. The van der Waals surface area contributed by atoms with Gasteiger partial charge in [0.2, 0.25) is 15.9 Å². The number of hydrogen-bond donors (Lipinski definition) is 2. The Morgan fingerprint density at radius 1 is 1.00 bits per heavy atom. The van der Waals surface area contributed by atoms with Gasteiger partial charge in [0, 0.05) is 19.5 Å². The van der Waals surface area contributed by atoms with Crippen molar-refractivity contribution in [3.63, 3.8) is 0 Å². The first-order valence-corrected chi connectivity index (χ1v) is 9.84. The van der Waals surface area contributed by atoms with Crippen LogP contribution in [0, 0.1) is 19.7 Å². The standard InChI is InChI=1S/C19H23FN2O3S/c1-14-3-8-18(13-15(14)2)26(24,25)22-12-10-19(23)21-11-9-16-4-6-17(20)7-5-16/h3-8,13,22H,9-12H2,1-2H3,(H,21,23). The van der Waals surface area contributed by atoms with Crippen LogP contribution in [-0.2, 0) is 21.2 Å². The van der Waals surface area contributed by atoms with Gasteiger partial charge in [-0.25, -0.2) is 17.5 Å². The highest BCUT2D eigenvalue weighted by Crippen LogP contribution is 2.14. The van der Waals surface area contributed by atoms with Crippen LogP contribution in [0.25, 0.3) is 0 Å². The van der Waals surface area contributed by atoms with E-state index in [1.54, 1.807) is 30.3 Å². The Hall–Kier alpha value is -2.25. The summed E-state index contributed by atoms with van der Waals surface area (Å²) < 4.78 is 39.7. The normalized spacial score (nSPS) is 11.3. The molecular weight excluding hydrogens is 355 g/mol. The van der Waals surface area contributed by atoms with E-state index in [0.29, 0.717) is 13.0 Å². The number of carbonyl (C=O) groups excluding carboxylic acids is 1. The Morgan fingerprint density at radius 3 is 2.35 bits per heavy atom. The summed E-state index contributed by atoms with van der Waals surface area (Å²) in [6, 6.07) is 11.0. The minimum atomic E-state index is -3.63. The van der Waals surface area contributed by atoms with Crippen molar-refractivity contribution in [3.8, 4) is 0 Å². The van der Waals surface area contributed by atoms with Crippen molar-refractivity contribution < 1.29 is 17.6 Å². The van der Waals surface area contributed by atoms with E-state index < -0.39 is 10.0 Å². The molecule has 5 nitrogen and oxygen atoms in total. The molecule has 0 spiro atoms. The summed E-state index contributed by atoms with van der Waals surface area (Å²) >= 11 is 0. The van der Waals surface area contributed by atoms with Crippen LogP contribution in [0.5, 0.6) is 0 Å². The van der Waals surface area contributed by atoms with Crippen molar-refractivity contribution in [2.75, 3.05) is 13.1 Å². The third-order valence-corrected chi connectivity index (χ3v) is 5.54. The van der Waals surface area contributed by atoms with Gasteiger partial charge in [0.15, 0.2) is 0 Å². The smallest absolute Gasteiger partial charge is 0.240 e. The van der Waals surface area contributed by atoms with Crippen molar-refractivity contribution in [2.24, 2.45) is 0 Å². The lowest BCUT2D eigenvalue weighted by atomic mass is 10.1. The molecule has 0 aliphatic carbocycles. The van der Waals surface area contributed by atoms with Gasteiger partial charge in [-0.3, -0.25) is 4.79 Å². The zero-order valence-electron chi connectivity index (χ0n) is 14.9. The van der Waals surface area contributed by atoms with Gasteiger partial charge in [-0.15, -0.1) is 0 Å². The molecule has 0 aromatic heterocycles. The van der Waals surface area contributed by atoms with Crippen molar-refractivity contribution in [1.82, 2.24) is 10.0 Å². The summed E-state index contributed by atoms with van der Waals surface area (Å²) in [5.41, 5.74) is 2.83. The molecule has 0 saturated heterocycles. The van der Waals surface area contributed by atoms with E-state index in [0.717, 1.165) is 16.7 Å². The van der Waals surface area contributed by atoms with Crippen molar-refractivity contribution in [2.45, 2.75) is 31.6 Å². The molecule has 0 atom stereocenters. The van der Waals surface area contributed by atoms with Gasteiger partial charge in [0.1, 0.15) is 5.82 Å². The van der Waals surface area contributed by atoms with Gasteiger partial charge < -0.3 is 5.32 Å². The average molecular weight is 378 g/mol. The van der Waals surface area contributed by atoms with Crippen molar-refractivity contribution >= 4 is 15.9 Å². The fourth-order valence-electron chi connectivity index (χ4n) is 2.35. The molecule has 0 unspecified atom stereocenters. The molecule has 2 aromatic rings. The Kier molecular flexibility index (Phi) is 6.88. The second-order valence-electron chi connectivity index (χ2n) is 6.12. The molecule has 2 aromatic carbocycles. The number of halogens is 1. The predicted molar refractivity (Wildman–Crippen MR) is 98.8 cm³/mol. The Labute approximate surface area is 153 Å². The molecule has 0 radical (unpaired) electrons. The van der Waals surface area contributed by atoms with Gasteiger partial charge in [0.05, 0.1) is 4.90 Å². The van der Waals surface area contributed by atoms with Crippen LogP contribution in [-0.4, -0.2) is 27.4 Å². The number of carbonyl (C=O) groups is 1. The molecule has 0 aliphatic heterocycles. The minimum Gasteiger partial charge on any atom is -0.356 e. The van der Waals surface area contributed by atoms with Gasteiger partial charge in [-0.05, 0) is 61.2 Å². The van der Waals surface area contributed by atoms with Crippen molar-refractivity contribution in [3.05, 3.63) is 65.0 Å². The predicted octanol–water partition coefficient (Wildman–Crippen LogP) is 2.47. The van der Waals surface area contributed by atoms with E-state index in [9.17, 15) is 17.6 Å². The molecule has 0 aliphatic rings. The van der Waals surface area contributed by atoms with E-state index >= 15 is 0 Å². The van der Waals surface area contributed by atoms with Crippen LogP contribution in [0.3, 0.4) is 0 Å². The maximum absolute atomic E-state index is 12.8. The van der Waals surface area contributed by atoms with Crippen LogP contribution in [0.4, 0.5) is 4.39 Å². The number of amides is 1. The first kappa shape index (κ1) is 20.1. The highest BCUT2D eigenvalue weighted by Gasteiger charge is 2.14. The molecule has 1 amide bonds. The van der Waals surface area contributed by atoms with Gasteiger partial charge >= 0.3 is 0 Å². The molecule has 0 bridgehead atoms. The summed E-state index contributed by atoms with van der Waals surface area (Å²) in [4.78, 5) is 12.0. The lowest BCUT2D eigenvalue weighted by molar-refractivity contribution is -0.120. The summed E-state index contributed by atoms with van der Waals surface area (Å²) in [5, 5.41) is 2.72. The largest absolute Gasteiger partial charge is 0.356 e. The van der Waals surface area contributed by atoms with E-state index in [2.05, 4.69) is 10.0 Å². The van der Waals surface area contributed by atoms with Crippen molar-refractivity contribution in [1.29, 1.82) is 0 Å². The average Bonchev–Trinajstić information content (AvgIpc) is 2.59. The zero-order valence-corrected chi connectivity index (χ0v) is 15.7. The van der Waals surface area contributed by atoms with Crippen LogP contribution >= 0.6 is 0 Å². The third-order valence-electron chi connectivity index (χ3n) is 4.08. The van der Waals surface area contributed by atoms with Crippen LogP contribution in [0.1, 0.15) is 23.1 Å². The second kappa shape index (κ2) is 8.91. The number of nitrogens with one attached hydrogen (secondary N) is 2. The zero-order chi connectivity index (χ0) is 19.2. The topological polar surface area (TPSA) is 75.3 Å². The number of aryl methyl sites for hydroxylation is 2. The molecule has 2 rings (SSSR count). The molecular formula is C19H23FN2O3S. The Morgan fingerprint density at radius 2 is 1.69 bits per heavy atom. The van der Waals surface area contributed by atoms with E-state index in [1.807, 2.05) is 13.8 Å². The first-order chi connectivity index (χ1) is 12.3.